The summed E-state index contributed by atoms with van der Waals surface area (Å²) in [5.41, 5.74) is 3.94. The number of anilines is 1. The van der Waals surface area contributed by atoms with Crippen molar-refractivity contribution in [2.24, 2.45) is 0 Å². The minimum atomic E-state index is 0.0693. The van der Waals surface area contributed by atoms with E-state index in [2.05, 4.69) is 20.5 Å². The van der Waals surface area contributed by atoms with Crippen molar-refractivity contribution in [3.8, 4) is 0 Å². The zero-order valence-corrected chi connectivity index (χ0v) is 13.1. The average molecular weight is 311 g/mol. The highest BCUT2D eigenvalue weighted by molar-refractivity contribution is 5.94. The number of H-pyrrole nitrogens is 1. The summed E-state index contributed by atoms with van der Waals surface area (Å²) < 4.78 is 0. The normalized spacial score (nSPS) is 20.3. The second-order valence-electron chi connectivity index (χ2n) is 6.36. The molecule has 0 bridgehead atoms. The second-order valence-corrected chi connectivity index (χ2v) is 6.36. The number of aryl methyl sites for hydroxylation is 1. The highest BCUT2D eigenvalue weighted by atomic mass is 16.2. The highest BCUT2D eigenvalue weighted by Gasteiger charge is 2.30. The zero-order valence-electron chi connectivity index (χ0n) is 13.1. The molecule has 6 nitrogen and oxygen atoms in total. The van der Waals surface area contributed by atoms with Gasteiger partial charge in [-0.1, -0.05) is 0 Å². The minimum absolute atomic E-state index is 0.0693. The van der Waals surface area contributed by atoms with Crippen LogP contribution in [0.15, 0.2) is 24.5 Å². The van der Waals surface area contributed by atoms with Gasteiger partial charge in [-0.05, 0) is 44.2 Å². The van der Waals surface area contributed by atoms with Crippen LogP contribution >= 0.6 is 0 Å². The van der Waals surface area contributed by atoms with Crippen LogP contribution in [-0.2, 0) is 12.8 Å². The van der Waals surface area contributed by atoms with Crippen molar-refractivity contribution in [2.45, 2.75) is 38.1 Å². The first-order valence-electron chi connectivity index (χ1n) is 8.33. The lowest BCUT2D eigenvalue weighted by atomic mass is 9.95. The number of rotatable bonds is 3. The molecule has 1 aliphatic heterocycles. The predicted octanol–water partition coefficient (Wildman–Crippen LogP) is 2.01. The molecule has 0 unspecified atom stereocenters. The van der Waals surface area contributed by atoms with Gasteiger partial charge in [-0.15, -0.1) is 0 Å². The van der Waals surface area contributed by atoms with Gasteiger partial charge >= 0.3 is 0 Å². The van der Waals surface area contributed by atoms with Gasteiger partial charge in [0.2, 0.25) is 0 Å². The molecule has 1 fully saturated rings. The largest absolute Gasteiger partial charge is 0.379 e. The molecular weight excluding hydrogens is 290 g/mol. The molecule has 0 saturated carbocycles. The number of fused-ring (bicyclic) bond motifs is 1. The van der Waals surface area contributed by atoms with Crippen molar-refractivity contribution >= 4 is 11.6 Å². The van der Waals surface area contributed by atoms with Crippen LogP contribution in [0.4, 0.5) is 5.69 Å². The van der Waals surface area contributed by atoms with Crippen molar-refractivity contribution in [2.75, 3.05) is 18.4 Å². The van der Waals surface area contributed by atoms with Crippen LogP contribution in [0.1, 0.15) is 41.0 Å². The maximum atomic E-state index is 12.8. The molecular formula is C17H21N5O. The molecule has 1 aliphatic carbocycles. The lowest BCUT2D eigenvalue weighted by Crippen LogP contribution is -2.32. The maximum Gasteiger partial charge on any atom is 0.274 e. The van der Waals surface area contributed by atoms with Gasteiger partial charge in [-0.2, -0.15) is 5.10 Å². The molecule has 1 atom stereocenters. The maximum absolute atomic E-state index is 12.8. The monoisotopic (exact) mass is 311 g/mol. The number of aromatic nitrogens is 3. The van der Waals surface area contributed by atoms with E-state index in [1.54, 1.807) is 6.20 Å². The highest BCUT2D eigenvalue weighted by Crippen LogP contribution is 2.24. The molecule has 4 rings (SSSR count). The smallest absolute Gasteiger partial charge is 0.274 e. The van der Waals surface area contributed by atoms with Gasteiger partial charge in [0, 0.05) is 42.8 Å². The molecule has 6 heteroatoms. The van der Waals surface area contributed by atoms with Gasteiger partial charge in [-0.3, -0.25) is 14.9 Å². The molecule has 3 heterocycles. The summed E-state index contributed by atoms with van der Waals surface area (Å²) in [6, 6.07) is 4.19. The molecule has 23 heavy (non-hydrogen) atoms. The topological polar surface area (TPSA) is 73.9 Å². The number of pyridine rings is 1. The Labute approximate surface area is 135 Å². The van der Waals surface area contributed by atoms with Gasteiger partial charge in [-0.25, -0.2) is 0 Å². The van der Waals surface area contributed by atoms with Crippen molar-refractivity contribution < 1.29 is 4.79 Å². The fraction of sp³-hybridized carbons (Fsp3) is 0.471. The Morgan fingerprint density at radius 2 is 2.26 bits per heavy atom. The van der Waals surface area contributed by atoms with Gasteiger partial charge in [0.25, 0.3) is 5.91 Å². The third-order valence-electron chi connectivity index (χ3n) is 4.77. The van der Waals surface area contributed by atoms with E-state index in [-0.39, 0.29) is 11.9 Å². The van der Waals surface area contributed by atoms with E-state index in [1.807, 2.05) is 23.2 Å². The summed E-state index contributed by atoms with van der Waals surface area (Å²) in [5, 5.41) is 10.8. The number of likely N-dealkylation sites (tertiary alicyclic amines) is 1. The number of carbonyl (C=O) groups excluding carboxylic acids is 1. The van der Waals surface area contributed by atoms with E-state index < -0.39 is 0 Å². The quantitative estimate of drug-likeness (QED) is 0.909. The molecule has 2 aromatic rings. The number of carbonyl (C=O) groups is 1. The number of hydrogen-bond donors (Lipinski definition) is 2. The van der Waals surface area contributed by atoms with Crippen LogP contribution < -0.4 is 5.32 Å². The van der Waals surface area contributed by atoms with E-state index in [9.17, 15) is 4.79 Å². The van der Waals surface area contributed by atoms with E-state index in [1.165, 1.54) is 6.42 Å². The molecule has 2 aromatic heterocycles. The van der Waals surface area contributed by atoms with Gasteiger partial charge in [0.15, 0.2) is 5.69 Å². The molecule has 0 spiro atoms. The first-order valence-corrected chi connectivity index (χ1v) is 8.33. The van der Waals surface area contributed by atoms with E-state index in [4.69, 9.17) is 0 Å². The lowest BCUT2D eigenvalue weighted by molar-refractivity contribution is 0.0784. The molecule has 2 N–H and O–H groups in total. The number of aromatic amines is 1. The standard InChI is InChI=1S/C17H21N5O/c23-17(16-14-5-1-2-6-15(14)20-21-16)22-9-7-13(11-22)19-12-4-3-8-18-10-12/h3-4,8,10,13,19H,1-2,5-7,9,11H2,(H,20,21)/t13-/m0/s1. The van der Waals surface area contributed by atoms with Crippen LogP contribution in [0, 0.1) is 0 Å². The Hall–Kier alpha value is -2.37. The molecule has 1 amide bonds. The van der Waals surface area contributed by atoms with E-state index >= 15 is 0 Å². The Bertz CT molecular complexity index is 696. The van der Waals surface area contributed by atoms with Crippen molar-refractivity contribution in [3.63, 3.8) is 0 Å². The second kappa shape index (κ2) is 6.02. The van der Waals surface area contributed by atoms with E-state index in [0.29, 0.717) is 5.69 Å². The summed E-state index contributed by atoms with van der Waals surface area (Å²) in [4.78, 5) is 18.8. The number of nitrogens with one attached hydrogen (secondary N) is 2. The van der Waals surface area contributed by atoms with Crippen LogP contribution in [0.2, 0.25) is 0 Å². The Kier molecular flexibility index (Phi) is 3.73. The molecule has 2 aliphatic rings. The third-order valence-corrected chi connectivity index (χ3v) is 4.77. The molecule has 1 saturated heterocycles. The van der Waals surface area contributed by atoms with Gasteiger partial charge in [0.1, 0.15) is 0 Å². The predicted molar refractivity (Wildman–Crippen MR) is 87.4 cm³/mol. The van der Waals surface area contributed by atoms with Crippen molar-refractivity contribution in [1.29, 1.82) is 0 Å². The van der Waals surface area contributed by atoms with Crippen molar-refractivity contribution in [1.82, 2.24) is 20.1 Å². The van der Waals surface area contributed by atoms with Crippen LogP contribution in [0.25, 0.3) is 0 Å². The van der Waals surface area contributed by atoms with Gasteiger partial charge in [0.05, 0.1) is 5.69 Å². The summed E-state index contributed by atoms with van der Waals surface area (Å²) in [6.45, 7) is 1.49. The molecule has 120 valence electrons. The third kappa shape index (κ3) is 2.81. The summed E-state index contributed by atoms with van der Waals surface area (Å²) >= 11 is 0. The van der Waals surface area contributed by atoms with Gasteiger partial charge < -0.3 is 10.2 Å². The summed E-state index contributed by atoms with van der Waals surface area (Å²) in [7, 11) is 0. The number of nitrogens with zero attached hydrogens (tertiary/aromatic N) is 3. The number of hydrogen-bond acceptors (Lipinski definition) is 4. The Morgan fingerprint density at radius 3 is 3.13 bits per heavy atom. The number of amides is 1. The van der Waals surface area contributed by atoms with Crippen molar-refractivity contribution in [3.05, 3.63) is 41.5 Å². The van der Waals surface area contributed by atoms with Crippen LogP contribution in [0.5, 0.6) is 0 Å². The fourth-order valence-electron chi connectivity index (χ4n) is 3.55. The lowest BCUT2D eigenvalue weighted by Gasteiger charge is -2.18. The Morgan fingerprint density at radius 1 is 1.35 bits per heavy atom. The summed E-state index contributed by atoms with van der Waals surface area (Å²) in [5.74, 6) is 0.0693. The molecule has 0 radical (unpaired) electrons. The van der Waals surface area contributed by atoms with Crippen LogP contribution in [0.3, 0.4) is 0 Å². The summed E-state index contributed by atoms with van der Waals surface area (Å²) in [6.07, 6.45) is 8.85. The SMILES string of the molecule is O=C(c1n[nH]c2c1CCCC2)N1CC[C@H](Nc2cccnc2)C1. The minimum Gasteiger partial charge on any atom is -0.379 e. The molecule has 0 aromatic carbocycles. The zero-order chi connectivity index (χ0) is 15.6. The first kappa shape index (κ1) is 14.2. The van der Waals surface area contributed by atoms with E-state index in [0.717, 1.165) is 55.7 Å². The van der Waals surface area contributed by atoms with Crippen LogP contribution in [-0.4, -0.2) is 45.1 Å². The first-order chi connectivity index (χ1) is 11.3. The fourth-order valence-corrected chi connectivity index (χ4v) is 3.55. The average Bonchev–Trinajstić information content (AvgIpc) is 3.22. The Balaban J connectivity index is 1.43.